The first-order valence-electron chi connectivity index (χ1n) is 7.46. The summed E-state index contributed by atoms with van der Waals surface area (Å²) in [6.07, 6.45) is 0. The lowest BCUT2D eigenvalue weighted by molar-refractivity contribution is -0.148. The minimum absolute atomic E-state index is 0.0515. The topological polar surface area (TPSA) is 77.4 Å². The fraction of sp³-hybridized carbons (Fsp3) is 0.438. The van der Waals surface area contributed by atoms with Crippen molar-refractivity contribution in [3.63, 3.8) is 0 Å². The van der Waals surface area contributed by atoms with Crippen LogP contribution in [0.1, 0.15) is 26.3 Å². The fourth-order valence-corrected chi connectivity index (χ4v) is 2.21. The molecular weight excluding hydrogens is 300 g/mol. The van der Waals surface area contributed by atoms with E-state index in [0.717, 1.165) is 5.56 Å². The number of anilines is 1. The van der Waals surface area contributed by atoms with Crippen LogP contribution >= 0.6 is 0 Å². The summed E-state index contributed by atoms with van der Waals surface area (Å²) in [5.41, 5.74) is 2.08. The average molecular weight is 320 g/mol. The summed E-state index contributed by atoms with van der Waals surface area (Å²) in [5, 5.41) is 3.91. The largest absolute Gasteiger partial charge is 0.482 e. The molecule has 0 saturated carbocycles. The summed E-state index contributed by atoms with van der Waals surface area (Å²) in [6, 6.07) is 5.45. The van der Waals surface area contributed by atoms with E-state index in [1.165, 1.54) is 0 Å². The number of carbonyl (C=O) groups is 2. The lowest BCUT2D eigenvalue weighted by Gasteiger charge is -2.28. The molecule has 0 unspecified atom stereocenters. The molecule has 1 amide bonds. The van der Waals surface area contributed by atoms with Gasteiger partial charge in [0.1, 0.15) is 5.75 Å². The van der Waals surface area contributed by atoms with Crippen LogP contribution in [0.3, 0.4) is 0 Å². The number of nitrogens with zero attached hydrogens (tertiary/aromatic N) is 2. The first-order valence-corrected chi connectivity index (χ1v) is 7.46. The molecule has 7 nitrogen and oxygen atoms in total. The zero-order chi connectivity index (χ0) is 16.8. The molecule has 0 aliphatic carbocycles. The van der Waals surface area contributed by atoms with E-state index in [0.29, 0.717) is 30.3 Å². The number of esters is 1. The normalized spacial score (nSPS) is 14.1. The van der Waals surface area contributed by atoms with Crippen LogP contribution in [0, 0.1) is 0 Å². The molecule has 0 saturated heterocycles. The van der Waals surface area contributed by atoms with Crippen molar-refractivity contribution in [1.29, 1.82) is 0 Å². The third-order valence-electron chi connectivity index (χ3n) is 3.33. The molecule has 0 spiro atoms. The van der Waals surface area contributed by atoms with Gasteiger partial charge in [-0.3, -0.25) is 4.79 Å². The van der Waals surface area contributed by atoms with Gasteiger partial charge in [0.05, 0.1) is 18.0 Å². The van der Waals surface area contributed by atoms with Gasteiger partial charge in [-0.25, -0.2) is 4.79 Å². The molecule has 1 aliphatic rings. The van der Waals surface area contributed by atoms with Crippen molar-refractivity contribution in [1.82, 2.24) is 0 Å². The number of fused-ring (bicyclic) bond motifs is 1. The van der Waals surface area contributed by atoms with E-state index in [-0.39, 0.29) is 19.1 Å². The van der Waals surface area contributed by atoms with E-state index in [1.54, 1.807) is 24.8 Å². The van der Waals surface area contributed by atoms with Crippen molar-refractivity contribution in [2.24, 2.45) is 5.16 Å². The Bertz CT molecular complexity index is 627. The predicted molar refractivity (Wildman–Crippen MR) is 84.8 cm³/mol. The van der Waals surface area contributed by atoms with Crippen molar-refractivity contribution in [2.45, 2.75) is 20.8 Å². The molecule has 0 aromatic heterocycles. The average Bonchev–Trinajstić information content (AvgIpc) is 2.54. The molecule has 1 heterocycles. The predicted octanol–water partition coefficient (Wildman–Crippen LogP) is 1.74. The Hall–Kier alpha value is -2.57. The van der Waals surface area contributed by atoms with Gasteiger partial charge in [-0.15, -0.1) is 0 Å². The molecule has 23 heavy (non-hydrogen) atoms. The third kappa shape index (κ3) is 4.00. The van der Waals surface area contributed by atoms with Crippen molar-refractivity contribution in [3.05, 3.63) is 23.8 Å². The van der Waals surface area contributed by atoms with Gasteiger partial charge < -0.3 is 19.2 Å². The standard InChI is InChI=1S/C16H20N2O5/c1-4-18-13-8-12(6-7-14(13)22-9-15(18)19)11(3)17-23-10-16(20)21-5-2/h6-8H,4-5,9-10H2,1-3H3/b17-11-. The Morgan fingerprint density at radius 3 is 2.87 bits per heavy atom. The Labute approximate surface area is 134 Å². The molecule has 1 aliphatic heterocycles. The van der Waals surface area contributed by atoms with Crippen molar-refractivity contribution in [2.75, 3.05) is 31.3 Å². The monoisotopic (exact) mass is 320 g/mol. The molecule has 124 valence electrons. The second kappa shape index (κ2) is 7.62. The molecular formula is C16H20N2O5. The highest BCUT2D eigenvalue weighted by Gasteiger charge is 2.24. The summed E-state index contributed by atoms with van der Waals surface area (Å²) in [7, 11) is 0. The smallest absolute Gasteiger partial charge is 0.347 e. The molecule has 0 fully saturated rings. The number of hydrogen-bond donors (Lipinski definition) is 0. The lowest BCUT2D eigenvalue weighted by Crippen LogP contribution is -2.38. The highest BCUT2D eigenvalue weighted by molar-refractivity contribution is 6.03. The number of benzene rings is 1. The van der Waals surface area contributed by atoms with E-state index in [2.05, 4.69) is 5.16 Å². The summed E-state index contributed by atoms with van der Waals surface area (Å²) < 4.78 is 10.2. The lowest BCUT2D eigenvalue weighted by atomic mass is 10.1. The van der Waals surface area contributed by atoms with Crippen molar-refractivity contribution in [3.8, 4) is 5.75 Å². The van der Waals surface area contributed by atoms with Crippen LogP contribution in [-0.2, 0) is 19.2 Å². The molecule has 0 bridgehead atoms. The van der Waals surface area contributed by atoms with Gasteiger partial charge in [-0.2, -0.15) is 0 Å². The highest BCUT2D eigenvalue weighted by atomic mass is 16.7. The van der Waals surface area contributed by atoms with Crippen LogP contribution in [0.25, 0.3) is 0 Å². The van der Waals surface area contributed by atoms with Gasteiger partial charge in [0.15, 0.2) is 6.61 Å². The molecule has 0 radical (unpaired) electrons. The number of carbonyl (C=O) groups excluding carboxylic acids is 2. The second-order valence-electron chi connectivity index (χ2n) is 4.86. The van der Waals surface area contributed by atoms with Gasteiger partial charge in [0.25, 0.3) is 5.91 Å². The molecule has 2 rings (SSSR count). The van der Waals surface area contributed by atoms with E-state index in [1.807, 2.05) is 19.1 Å². The van der Waals surface area contributed by atoms with E-state index in [4.69, 9.17) is 14.3 Å². The van der Waals surface area contributed by atoms with Gasteiger partial charge in [0.2, 0.25) is 6.61 Å². The maximum absolute atomic E-state index is 11.9. The van der Waals surface area contributed by atoms with Crippen LogP contribution < -0.4 is 9.64 Å². The number of amides is 1. The summed E-state index contributed by atoms with van der Waals surface area (Å²) in [4.78, 5) is 29.7. The van der Waals surface area contributed by atoms with Gasteiger partial charge in [-0.05, 0) is 39.0 Å². The molecule has 7 heteroatoms. The first kappa shape index (κ1) is 16.8. The summed E-state index contributed by atoms with van der Waals surface area (Å²) >= 11 is 0. The first-order chi connectivity index (χ1) is 11.1. The van der Waals surface area contributed by atoms with Crippen molar-refractivity contribution >= 4 is 23.3 Å². The summed E-state index contributed by atoms with van der Waals surface area (Å²) in [6.45, 7) is 6.07. The van der Waals surface area contributed by atoms with Crippen LogP contribution in [0.4, 0.5) is 5.69 Å². The zero-order valence-electron chi connectivity index (χ0n) is 13.5. The minimum Gasteiger partial charge on any atom is -0.482 e. The maximum Gasteiger partial charge on any atom is 0.347 e. The molecule has 1 aromatic carbocycles. The molecule has 0 atom stereocenters. The van der Waals surface area contributed by atoms with E-state index >= 15 is 0 Å². The fourth-order valence-electron chi connectivity index (χ4n) is 2.21. The number of likely N-dealkylation sites (N-methyl/N-ethyl adjacent to an activating group) is 1. The van der Waals surface area contributed by atoms with Crippen LogP contribution in [0.2, 0.25) is 0 Å². The number of oxime groups is 1. The van der Waals surface area contributed by atoms with Crippen molar-refractivity contribution < 1.29 is 23.9 Å². The number of hydrogen-bond acceptors (Lipinski definition) is 6. The van der Waals surface area contributed by atoms with Gasteiger partial charge >= 0.3 is 5.97 Å². The SMILES string of the molecule is CCOC(=O)CO/N=C(/C)c1ccc2c(c1)N(CC)C(=O)CO2. The van der Waals surface area contributed by atoms with Crippen LogP contribution in [0.5, 0.6) is 5.75 Å². The summed E-state index contributed by atoms with van der Waals surface area (Å²) in [5.74, 6) is 0.117. The van der Waals surface area contributed by atoms with Gasteiger partial charge in [-0.1, -0.05) is 5.16 Å². The second-order valence-corrected chi connectivity index (χ2v) is 4.86. The van der Waals surface area contributed by atoms with Crippen LogP contribution in [-0.4, -0.2) is 44.0 Å². The maximum atomic E-state index is 11.9. The third-order valence-corrected chi connectivity index (χ3v) is 3.33. The Morgan fingerprint density at radius 1 is 1.39 bits per heavy atom. The van der Waals surface area contributed by atoms with Gasteiger partial charge in [0, 0.05) is 12.1 Å². The Morgan fingerprint density at radius 2 is 2.17 bits per heavy atom. The van der Waals surface area contributed by atoms with Crippen LogP contribution in [0.15, 0.2) is 23.4 Å². The van der Waals surface area contributed by atoms with E-state index < -0.39 is 5.97 Å². The number of rotatable bonds is 6. The Balaban J connectivity index is 2.13. The Kier molecular flexibility index (Phi) is 5.56. The quantitative estimate of drug-likeness (QED) is 0.453. The number of ether oxygens (including phenoxy) is 2. The minimum atomic E-state index is -0.467. The molecule has 0 N–H and O–H groups in total. The molecule has 1 aromatic rings. The highest BCUT2D eigenvalue weighted by Crippen LogP contribution is 2.32. The van der Waals surface area contributed by atoms with E-state index in [9.17, 15) is 9.59 Å². The zero-order valence-corrected chi connectivity index (χ0v) is 13.5.